The van der Waals surface area contributed by atoms with Gasteiger partial charge in [-0.2, -0.15) is 0 Å². The lowest BCUT2D eigenvalue weighted by Gasteiger charge is -2.16. The summed E-state index contributed by atoms with van der Waals surface area (Å²) in [4.78, 5) is 22.3. The van der Waals surface area contributed by atoms with Crippen molar-refractivity contribution in [3.8, 4) is 0 Å². The van der Waals surface area contributed by atoms with Crippen LogP contribution in [0.25, 0.3) is 11.0 Å². The highest BCUT2D eigenvalue weighted by atomic mass is 16.4. The zero-order valence-corrected chi connectivity index (χ0v) is 10.3. The van der Waals surface area contributed by atoms with Gasteiger partial charge in [-0.05, 0) is 23.8 Å². The van der Waals surface area contributed by atoms with E-state index in [4.69, 9.17) is 15.3 Å². The summed E-state index contributed by atoms with van der Waals surface area (Å²) in [5.74, 6) is -1.39. The molecule has 7 heteroatoms. The molecule has 1 aromatic heterocycles. The molecule has 2 rings (SSSR count). The molecule has 106 valence electrons. The average Bonchev–Trinajstić information content (AvgIpc) is 2.44. The second kappa shape index (κ2) is 5.41. The highest BCUT2D eigenvalue weighted by Gasteiger charge is 2.18. The topological polar surface area (TPSA) is 134 Å². The van der Waals surface area contributed by atoms with Gasteiger partial charge < -0.3 is 25.5 Å². The van der Waals surface area contributed by atoms with Crippen LogP contribution in [-0.4, -0.2) is 33.9 Å². The number of fused-ring (bicyclic) bond motifs is 1. The number of aromatic carboxylic acids is 1. The quantitative estimate of drug-likeness (QED) is 0.571. The van der Waals surface area contributed by atoms with E-state index in [0.717, 1.165) is 6.07 Å². The van der Waals surface area contributed by atoms with Crippen molar-refractivity contribution in [1.29, 1.82) is 0 Å². The fraction of sp³-hybridized carbons (Fsp3) is 0.231. The Morgan fingerprint density at radius 1 is 1.30 bits per heavy atom. The van der Waals surface area contributed by atoms with Crippen molar-refractivity contribution < 1.29 is 24.5 Å². The van der Waals surface area contributed by atoms with E-state index in [1.165, 1.54) is 18.2 Å². The monoisotopic (exact) mass is 279 g/mol. The van der Waals surface area contributed by atoms with Gasteiger partial charge in [0.1, 0.15) is 17.3 Å². The summed E-state index contributed by atoms with van der Waals surface area (Å²) < 4.78 is 4.87. The van der Waals surface area contributed by atoms with Crippen molar-refractivity contribution in [2.75, 3.05) is 6.54 Å². The number of aliphatic hydroxyl groups excluding tert-OH is 2. The Kier molecular flexibility index (Phi) is 3.84. The smallest absolute Gasteiger partial charge is 0.351 e. The Labute approximate surface area is 112 Å². The number of carboxylic acids is 1. The Hall–Kier alpha value is -2.22. The molecule has 0 amide bonds. The summed E-state index contributed by atoms with van der Waals surface area (Å²) in [5, 5.41) is 28.5. The number of rotatable bonds is 4. The summed E-state index contributed by atoms with van der Waals surface area (Å²) in [5.41, 5.74) is 4.36. The van der Waals surface area contributed by atoms with E-state index in [9.17, 15) is 19.8 Å². The summed E-state index contributed by atoms with van der Waals surface area (Å²) in [7, 11) is 0. The Morgan fingerprint density at radius 2 is 2.00 bits per heavy atom. The third-order valence-corrected chi connectivity index (χ3v) is 2.93. The van der Waals surface area contributed by atoms with E-state index in [-0.39, 0.29) is 12.1 Å². The highest BCUT2D eigenvalue weighted by Crippen LogP contribution is 2.22. The standard InChI is InChI=1S/C13H13NO6/c14-5-9(15)11(16)6-1-2-10-7(3-6)4-8(12(17)18)13(19)20-10/h1-4,9,11,15-16H,5,14H2,(H,17,18). The van der Waals surface area contributed by atoms with Gasteiger partial charge in [-0.3, -0.25) is 0 Å². The van der Waals surface area contributed by atoms with Gasteiger partial charge in [-0.25, -0.2) is 9.59 Å². The molecule has 2 aromatic rings. The van der Waals surface area contributed by atoms with E-state index in [1.54, 1.807) is 0 Å². The van der Waals surface area contributed by atoms with Crippen LogP contribution in [0.5, 0.6) is 0 Å². The number of hydrogen-bond acceptors (Lipinski definition) is 6. The van der Waals surface area contributed by atoms with Gasteiger partial charge in [0.25, 0.3) is 0 Å². The van der Waals surface area contributed by atoms with Crippen molar-refractivity contribution in [2.45, 2.75) is 12.2 Å². The van der Waals surface area contributed by atoms with Crippen molar-refractivity contribution in [1.82, 2.24) is 0 Å². The molecule has 20 heavy (non-hydrogen) atoms. The minimum absolute atomic E-state index is 0.122. The molecule has 0 aliphatic rings. The first kappa shape index (κ1) is 14.2. The van der Waals surface area contributed by atoms with Gasteiger partial charge >= 0.3 is 11.6 Å². The van der Waals surface area contributed by atoms with Crippen LogP contribution in [0.3, 0.4) is 0 Å². The van der Waals surface area contributed by atoms with Crippen LogP contribution in [0, 0.1) is 0 Å². The fourth-order valence-electron chi connectivity index (χ4n) is 1.83. The van der Waals surface area contributed by atoms with Gasteiger partial charge in [0, 0.05) is 11.9 Å². The van der Waals surface area contributed by atoms with Crippen LogP contribution in [0.1, 0.15) is 22.0 Å². The normalized spacial score (nSPS) is 14.2. The molecule has 0 aliphatic heterocycles. The molecular weight excluding hydrogens is 266 g/mol. The Morgan fingerprint density at radius 3 is 2.60 bits per heavy atom. The maximum atomic E-state index is 11.4. The first-order valence-electron chi connectivity index (χ1n) is 5.81. The predicted molar refractivity (Wildman–Crippen MR) is 69.5 cm³/mol. The van der Waals surface area contributed by atoms with E-state index < -0.39 is 29.4 Å². The molecule has 0 spiro atoms. The van der Waals surface area contributed by atoms with Gasteiger partial charge in [-0.1, -0.05) is 6.07 Å². The molecule has 2 unspecified atom stereocenters. The SMILES string of the molecule is NCC(O)C(O)c1ccc2oc(=O)c(C(=O)O)cc2c1. The fourth-order valence-corrected chi connectivity index (χ4v) is 1.83. The molecule has 5 N–H and O–H groups in total. The molecule has 2 atom stereocenters. The summed E-state index contributed by atoms with van der Waals surface area (Å²) in [6.07, 6.45) is -2.34. The summed E-state index contributed by atoms with van der Waals surface area (Å²) in [6.45, 7) is -0.122. The zero-order valence-electron chi connectivity index (χ0n) is 10.3. The zero-order chi connectivity index (χ0) is 14.9. The lowest BCUT2D eigenvalue weighted by Crippen LogP contribution is -2.27. The molecule has 0 saturated heterocycles. The molecule has 1 aromatic carbocycles. The van der Waals surface area contributed by atoms with Gasteiger partial charge in [0.15, 0.2) is 0 Å². The van der Waals surface area contributed by atoms with Crippen LogP contribution in [-0.2, 0) is 0 Å². The number of hydrogen-bond donors (Lipinski definition) is 4. The molecule has 1 heterocycles. The van der Waals surface area contributed by atoms with Crippen molar-refractivity contribution in [3.05, 3.63) is 45.8 Å². The van der Waals surface area contributed by atoms with E-state index >= 15 is 0 Å². The average molecular weight is 279 g/mol. The van der Waals surface area contributed by atoms with Crippen LogP contribution in [0.4, 0.5) is 0 Å². The first-order valence-corrected chi connectivity index (χ1v) is 5.81. The van der Waals surface area contributed by atoms with Crippen LogP contribution < -0.4 is 11.4 Å². The maximum absolute atomic E-state index is 11.4. The molecule has 7 nitrogen and oxygen atoms in total. The number of carboxylic acid groups (broad SMARTS) is 1. The van der Waals surface area contributed by atoms with Crippen LogP contribution >= 0.6 is 0 Å². The van der Waals surface area contributed by atoms with Crippen molar-refractivity contribution in [3.63, 3.8) is 0 Å². The van der Waals surface area contributed by atoms with Crippen molar-refractivity contribution >= 4 is 16.9 Å². The van der Waals surface area contributed by atoms with Gasteiger partial charge in [0.2, 0.25) is 0 Å². The summed E-state index contributed by atoms with van der Waals surface area (Å²) >= 11 is 0. The summed E-state index contributed by atoms with van der Waals surface area (Å²) in [6, 6.07) is 5.49. The molecule has 0 saturated carbocycles. The molecule has 0 radical (unpaired) electrons. The number of benzene rings is 1. The molecule has 0 aliphatic carbocycles. The van der Waals surface area contributed by atoms with Crippen molar-refractivity contribution in [2.24, 2.45) is 5.73 Å². The third kappa shape index (κ3) is 2.55. The lowest BCUT2D eigenvalue weighted by atomic mass is 10.0. The molecule has 0 bridgehead atoms. The van der Waals surface area contributed by atoms with E-state index in [2.05, 4.69) is 0 Å². The Balaban J connectivity index is 2.55. The predicted octanol–water partition coefficient (Wildman–Crippen LogP) is -0.156. The number of nitrogens with two attached hydrogens (primary N) is 1. The highest BCUT2D eigenvalue weighted by molar-refractivity contribution is 5.91. The second-order valence-corrected chi connectivity index (χ2v) is 4.30. The number of aliphatic hydroxyl groups is 2. The lowest BCUT2D eigenvalue weighted by molar-refractivity contribution is 0.0244. The van der Waals surface area contributed by atoms with E-state index in [0.29, 0.717) is 10.9 Å². The number of carbonyl (C=O) groups is 1. The first-order chi connectivity index (χ1) is 9.43. The minimum Gasteiger partial charge on any atom is -0.477 e. The van der Waals surface area contributed by atoms with Gasteiger partial charge in [-0.15, -0.1) is 0 Å². The Bertz CT molecular complexity index is 708. The largest absolute Gasteiger partial charge is 0.477 e. The molecular formula is C13H13NO6. The maximum Gasteiger partial charge on any atom is 0.351 e. The van der Waals surface area contributed by atoms with Crippen LogP contribution in [0.15, 0.2) is 33.5 Å². The second-order valence-electron chi connectivity index (χ2n) is 4.30. The third-order valence-electron chi connectivity index (χ3n) is 2.93. The van der Waals surface area contributed by atoms with Crippen LogP contribution in [0.2, 0.25) is 0 Å². The van der Waals surface area contributed by atoms with Gasteiger partial charge in [0.05, 0.1) is 6.10 Å². The molecule has 0 fully saturated rings. The van der Waals surface area contributed by atoms with E-state index in [1.807, 2.05) is 0 Å². The minimum atomic E-state index is -1.39.